The first-order chi connectivity index (χ1) is 13.4. The van der Waals surface area contributed by atoms with E-state index < -0.39 is 0 Å². The van der Waals surface area contributed by atoms with Crippen LogP contribution in [0.25, 0.3) is 16.9 Å². The number of aromatic nitrogens is 3. The first-order valence-corrected chi connectivity index (χ1v) is 9.42. The summed E-state index contributed by atoms with van der Waals surface area (Å²) >= 11 is 0. The lowest BCUT2D eigenvalue weighted by Gasteiger charge is -2.15. The minimum atomic E-state index is -0.323. The molecule has 3 aromatic rings. The van der Waals surface area contributed by atoms with Gasteiger partial charge in [0.1, 0.15) is 5.82 Å². The zero-order chi connectivity index (χ0) is 20.3. The summed E-state index contributed by atoms with van der Waals surface area (Å²) in [5.74, 6) is 0.926. The summed E-state index contributed by atoms with van der Waals surface area (Å²) in [5, 5.41) is 12.1. The molecule has 1 aromatic carbocycles. The maximum Gasteiger partial charge on any atom is 0.251 e. The number of aliphatic hydroxyl groups is 1. The second kappa shape index (κ2) is 8.35. The molecule has 2 heterocycles. The van der Waals surface area contributed by atoms with Crippen molar-refractivity contribution in [1.29, 1.82) is 0 Å². The van der Waals surface area contributed by atoms with Crippen LogP contribution in [0.5, 0.6) is 0 Å². The lowest BCUT2D eigenvalue weighted by Crippen LogP contribution is -2.35. The number of pyridine rings is 1. The summed E-state index contributed by atoms with van der Waals surface area (Å²) in [6, 6.07) is 9.30. The van der Waals surface area contributed by atoms with Gasteiger partial charge in [0.25, 0.3) is 5.91 Å². The molecule has 2 N–H and O–H groups in total. The largest absolute Gasteiger partial charge is 0.394 e. The molecule has 2 aromatic heterocycles. The summed E-state index contributed by atoms with van der Waals surface area (Å²) in [5.41, 5.74) is 4.08. The molecule has 0 spiro atoms. The van der Waals surface area contributed by atoms with Crippen molar-refractivity contribution in [1.82, 2.24) is 19.9 Å². The Labute approximate surface area is 165 Å². The van der Waals surface area contributed by atoms with Crippen molar-refractivity contribution in [3.63, 3.8) is 0 Å². The standard InChI is InChI=1S/C22H26N4O2/c1-14(2)21-23-7-8-26(21)19-10-17(20-6-5-15(3)12-24-20)9-18(11-19)22(28)25-16(4)13-27/h5-12,14,16,27H,13H2,1-4H3,(H,25,28). The first-order valence-electron chi connectivity index (χ1n) is 9.42. The van der Waals surface area contributed by atoms with Crippen LogP contribution in [0.4, 0.5) is 0 Å². The van der Waals surface area contributed by atoms with E-state index in [-0.39, 0.29) is 24.5 Å². The molecule has 0 aliphatic carbocycles. The number of aliphatic hydroxyl groups excluding tert-OH is 1. The van der Waals surface area contributed by atoms with Crippen LogP contribution in [-0.2, 0) is 0 Å². The van der Waals surface area contributed by atoms with E-state index in [1.54, 1.807) is 13.1 Å². The zero-order valence-corrected chi connectivity index (χ0v) is 16.7. The van der Waals surface area contributed by atoms with E-state index in [2.05, 4.69) is 29.1 Å². The lowest BCUT2D eigenvalue weighted by molar-refractivity contribution is 0.0922. The van der Waals surface area contributed by atoms with Crippen LogP contribution in [0.2, 0.25) is 0 Å². The van der Waals surface area contributed by atoms with E-state index in [1.165, 1.54) is 0 Å². The molecule has 6 nitrogen and oxygen atoms in total. The number of imidazole rings is 1. The Bertz CT molecular complexity index is 961. The van der Waals surface area contributed by atoms with Gasteiger partial charge < -0.3 is 15.0 Å². The average Bonchev–Trinajstić information content (AvgIpc) is 3.18. The highest BCUT2D eigenvalue weighted by Gasteiger charge is 2.16. The van der Waals surface area contributed by atoms with E-state index in [1.807, 2.05) is 54.2 Å². The van der Waals surface area contributed by atoms with Crippen LogP contribution < -0.4 is 5.32 Å². The van der Waals surface area contributed by atoms with Gasteiger partial charge in [-0.1, -0.05) is 19.9 Å². The molecule has 0 saturated heterocycles. The van der Waals surface area contributed by atoms with E-state index in [4.69, 9.17) is 0 Å². The molecule has 3 rings (SSSR count). The number of amides is 1. The third kappa shape index (κ3) is 4.28. The predicted molar refractivity (Wildman–Crippen MR) is 110 cm³/mol. The average molecular weight is 378 g/mol. The highest BCUT2D eigenvalue weighted by Crippen LogP contribution is 2.25. The van der Waals surface area contributed by atoms with E-state index >= 15 is 0 Å². The molecular weight excluding hydrogens is 352 g/mol. The van der Waals surface area contributed by atoms with Crippen molar-refractivity contribution in [3.05, 3.63) is 65.9 Å². The van der Waals surface area contributed by atoms with Crippen LogP contribution in [-0.4, -0.2) is 38.2 Å². The Morgan fingerprint density at radius 2 is 1.96 bits per heavy atom. The minimum Gasteiger partial charge on any atom is -0.394 e. The third-order valence-electron chi connectivity index (χ3n) is 4.50. The fourth-order valence-electron chi connectivity index (χ4n) is 2.98. The van der Waals surface area contributed by atoms with Gasteiger partial charge in [-0.05, 0) is 43.7 Å². The summed E-state index contributed by atoms with van der Waals surface area (Å²) in [6.45, 7) is 7.80. The van der Waals surface area contributed by atoms with Crippen LogP contribution in [0, 0.1) is 6.92 Å². The number of benzene rings is 1. The first kappa shape index (κ1) is 19.8. The van der Waals surface area contributed by atoms with E-state index in [0.717, 1.165) is 28.3 Å². The molecule has 28 heavy (non-hydrogen) atoms. The molecule has 1 amide bonds. The maximum absolute atomic E-state index is 12.7. The second-order valence-corrected chi connectivity index (χ2v) is 7.36. The van der Waals surface area contributed by atoms with Gasteiger partial charge in [-0.2, -0.15) is 0 Å². The lowest BCUT2D eigenvalue weighted by atomic mass is 10.0. The molecule has 0 bridgehead atoms. The number of carbonyl (C=O) groups is 1. The molecule has 0 fully saturated rings. The van der Waals surface area contributed by atoms with Crippen molar-refractivity contribution in [2.75, 3.05) is 6.61 Å². The number of aryl methyl sites for hydroxylation is 1. The number of carbonyl (C=O) groups excluding carboxylic acids is 1. The van der Waals surface area contributed by atoms with Gasteiger partial charge in [0.2, 0.25) is 0 Å². The third-order valence-corrected chi connectivity index (χ3v) is 4.50. The normalized spacial score (nSPS) is 12.2. The van der Waals surface area contributed by atoms with Crippen LogP contribution >= 0.6 is 0 Å². The van der Waals surface area contributed by atoms with E-state index in [9.17, 15) is 9.90 Å². The van der Waals surface area contributed by atoms with Crippen LogP contribution in [0.15, 0.2) is 48.9 Å². The number of rotatable bonds is 6. The zero-order valence-electron chi connectivity index (χ0n) is 16.7. The topological polar surface area (TPSA) is 80.0 Å². The SMILES string of the molecule is Cc1ccc(-c2cc(C(=O)NC(C)CO)cc(-n3ccnc3C(C)C)c2)nc1. The summed E-state index contributed by atoms with van der Waals surface area (Å²) in [6.07, 6.45) is 5.47. The second-order valence-electron chi connectivity index (χ2n) is 7.36. The molecular formula is C22H26N4O2. The van der Waals surface area contributed by atoms with Crippen LogP contribution in [0.3, 0.4) is 0 Å². The van der Waals surface area contributed by atoms with Gasteiger partial charge in [-0.25, -0.2) is 4.98 Å². The number of nitrogens with zero attached hydrogens (tertiary/aromatic N) is 3. The number of hydrogen-bond donors (Lipinski definition) is 2. The van der Waals surface area contributed by atoms with Crippen molar-refractivity contribution >= 4 is 5.91 Å². The van der Waals surface area contributed by atoms with Gasteiger partial charge >= 0.3 is 0 Å². The minimum absolute atomic E-state index is 0.114. The van der Waals surface area contributed by atoms with Gasteiger partial charge in [-0.3, -0.25) is 9.78 Å². The quantitative estimate of drug-likeness (QED) is 0.688. The molecule has 0 saturated carbocycles. The Balaban J connectivity index is 2.12. The molecule has 1 atom stereocenters. The molecule has 1 unspecified atom stereocenters. The Morgan fingerprint density at radius 1 is 1.18 bits per heavy atom. The molecule has 0 radical (unpaired) electrons. The van der Waals surface area contributed by atoms with Crippen molar-refractivity contribution < 1.29 is 9.90 Å². The van der Waals surface area contributed by atoms with Crippen molar-refractivity contribution in [3.8, 4) is 16.9 Å². The van der Waals surface area contributed by atoms with Gasteiger partial charge in [0.05, 0.1) is 12.3 Å². The Kier molecular flexibility index (Phi) is 5.90. The smallest absolute Gasteiger partial charge is 0.251 e. The van der Waals surface area contributed by atoms with Crippen LogP contribution in [0.1, 0.15) is 48.4 Å². The maximum atomic E-state index is 12.7. The highest BCUT2D eigenvalue weighted by molar-refractivity contribution is 5.96. The van der Waals surface area contributed by atoms with Gasteiger partial charge in [0.15, 0.2) is 0 Å². The Hall–Kier alpha value is -2.99. The summed E-state index contributed by atoms with van der Waals surface area (Å²) in [4.78, 5) is 21.7. The fourth-order valence-corrected chi connectivity index (χ4v) is 2.98. The number of hydrogen-bond acceptors (Lipinski definition) is 4. The summed E-state index contributed by atoms with van der Waals surface area (Å²) in [7, 11) is 0. The molecule has 6 heteroatoms. The van der Waals surface area contributed by atoms with E-state index in [0.29, 0.717) is 5.56 Å². The summed E-state index contributed by atoms with van der Waals surface area (Å²) < 4.78 is 1.99. The van der Waals surface area contributed by atoms with Gasteiger partial charge in [-0.15, -0.1) is 0 Å². The predicted octanol–water partition coefficient (Wildman–Crippen LogP) is 3.48. The highest BCUT2D eigenvalue weighted by atomic mass is 16.3. The van der Waals surface area contributed by atoms with Gasteiger partial charge in [0, 0.05) is 47.4 Å². The molecule has 146 valence electrons. The van der Waals surface area contributed by atoms with Crippen molar-refractivity contribution in [2.45, 2.75) is 39.7 Å². The Morgan fingerprint density at radius 3 is 2.61 bits per heavy atom. The van der Waals surface area contributed by atoms with Crippen molar-refractivity contribution in [2.24, 2.45) is 0 Å². The number of nitrogens with one attached hydrogen (secondary N) is 1. The molecule has 0 aliphatic heterocycles. The fraction of sp³-hybridized carbons (Fsp3) is 0.318. The molecule has 0 aliphatic rings. The monoisotopic (exact) mass is 378 g/mol.